The summed E-state index contributed by atoms with van der Waals surface area (Å²) in [6.45, 7) is 4.88. The maximum Gasteiger partial charge on any atom is 0.338 e. The van der Waals surface area contributed by atoms with E-state index in [0.717, 1.165) is 20.9 Å². The Hall–Kier alpha value is -3.25. The zero-order valence-electron chi connectivity index (χ0n) is 16.4. The summed E-state index contributed by atoms with van der Waals surface area (Å²) in [6, 6.07) is 15.8. The number of esters is 2. The summed E-state index contributed by atoms with van der Waals surface area (Å²) < 4.78 is 10.2. The lowest BCUT2D eigenvalue weighted by molar-refractivity contribution is -0.131. The smallest absolute Gasteiger partial charge is 0.338 e. The number of hydrogen-bond acceptors (Lipinski definition) is 6. The second-order valence-electron chi connectivity index (χ2n) is 6.52. The minimum Gasteiger partial charge on any atom is -0.454 e. The van der Waals surface area contributed by atoms with Crippen LogP contribution in [0.1, 0.15) is 37.4 Å². The normalized spacial score (nSPS) is 10.4. The van der Waals surface area contributed by atoms with Gasteiger partial charge in [0, 0.05) is 22.2 Å². The molecule has 0 N–H and O–H groups in total. The van der Waals surface area contributed by atoms with Crippen LogP contribution in [0.4, 0.5) is 0 Å². The molecule has 0 aliphatic rings. The van der Waals surface area contributed by atoms with Crippen LogP contribution in [0.3, 0.4) is 0 Å². The Morgan fingerprint density at radius 1 is 0.897 bits per heavy atom. The standard InChI is InChI=1S/C23H20O5S/c1-14-12-21(15(2)29-14)22(25)13-27-23(26)19-6-4-17(5-7-19)18-8-10-20(11-9-18)28-16(3)24/h4-12H,13H2,1-3H3. The average Bonchev–Trinajstić information content (AvgIpc) is 3.04. The van der Waals surface area contributed by atoms with E-state index in [9.17, 15) is 14.4 Å². The number of thiophene rings is 1. The molecule has 0 spiro atoms. The summed E-state index contributed by atoms with van der Waals surface area (Å²) in [5.41, 5.74) is 2.79. The fraction of sp³-hybridized carbons (Fsp3) is 0.174. The van der Waals surface area contributed by atoms with Gasteiger partial charge >= 0.3 is 11.9 Å². The van der Waals surface area contributed by atoms with Crippen molar-refractivity contribution >= 4 is 29.1 Å². The molecule has 1 heterocycles. The molecule has 0 saturated heterocycles. The van der Waals surface area contributed by atoms with E-state index in [1.165, 1.54) is 6.92 Å². The van der Waals surface area contributed by atoms with Crippen molar-refractivity contribution in [3.63, 3.8) is 0 Å². The van der Waals surface area contributed by atoms with Crippen LogP contribution in [0.25, 0.3) is 11.1 Å². The fourth-order valence-corrected chi connectivity index (χ4v) is 3.82. The van der Waals surface area contributed by atoms with Crippen molar-refractivity contribution in [2.75, 3.05) is 6.61 Å². The van der Waals surface area contributed by atoms with E-state index in [4.69, 9.17) is 9.47 Å². The number of Topliss-reactive ketones (excluding diaryl/α,β-unsaturated/α-hetero) is 1. The van der Waals surface area contributed by atoms with Crippen molar-refractivity contribution in [1.29, 1.82) is 0 Å². The molecule has 0 unspecified atom stereocenters. The van der Waals surface area contributed by atoms with Crippen LogP contribution in [0, 0.1) is 13.8 Å². The maximum absolute atomic E-state index is 12.2. The average molecular weight is 408 g/mol. The number of ether oxygens (including phenoxy) is 2. The van der Waals surface area contributed by atoms with Gasteiger partial charge in [0.2, 0.25) is 5.78 Å². The summed E-state index contributed by atoms with van der Waals surface area (Å²) >= 11 is 1.55. The quantitative estimate of drug-likeness (QED) is 0.326. The van der Waals surface area contributed by atoms with Crippen molar-refractivity contribution < 1.29 is 23.9 Å². The van der Waals surface area contributed by atoms with E-state index in [1.54, 1.807) is 47.7 Å². The first-order valence-electron chi connectivity index (χ1n) is 9.00. The van der Waals surface area contributed by atoms with Crippen LogP contribution in [0.15, 0.2) is 54.6 Å². The van der Waals surface area contributed by atoms with Gasteiger partial charge in [0.1, 0.15) is 5.75 Å². The molecule has 1 aromatic heterocycles. The number of carbonyl (C=O) groups is 3. The molecule has 0 saturated carbocycles. The number of aryl methyl sites for hydroxylation is 2. The van der Waals surface area contributed by atoms with Gasteiger partial charge in [0.25, 0.3) is 0 Å². The number of ketones is 1. The summed E-state index contributed by atoms with van der Waals surface area (Å²) in [4.78, 5) is 37.4. The van der Waals surface area contributed by atoms with Gasteiger partial charge in [-0.15, -0.1) is 11.3 Å². The monoisotopic (exact) mass is 408 g/mol. The third-order valence-corrected chi connectivity index (χ3v) is 5.21. The van der Waals surface area contributed by atoms with Crippen LogP contribution in [0.2, 0.25) is 0 Å². The van der Waals surface area contributed by atoms with E-state index in [-0.39, 0.29) is 18.4 Å². The van der Waals surface area contributed by atoms with Crippen LogP contribution >= 0.6 is 11.3 Å². The fourth-order valence-electron chi connectivity index (χ4n) is 2.88. The first-order chi connectivity index (χ1) is 13.8. The Labute approximate surface area is 172 Å². The predicted molar refractivity (Wildman–Crippen MR) is 112 cm³/mol. The molecule has 0 aliphatic carbocycles. The van der Waals surface area contributed by atoms with Crippen molar-refractivity contribution in [2.24, 2.45) is 0 Å². The van der Waals surface area contributed by atoms with Gasteiger partial charge in [-0.1, -0.05) is 24.3 Å². The van der Waals surface area contributed by atoms with E-state index in [1.807, 2.05) is 32.0 Å². The molecular formula is C23H20O5S. The lowest BCUT2D eigenvalue weighted by Crippen LogP contribution is -2.14. The molecule has 0 atom stereocenters. The number of carbonyl (C=O) groups excluding carboxylic acids is 3. The Kier molecular flexibility index (Phi) is 6.24. The molecule has 29 heavy (non-hydrogen) atoms. The number of benzene rings is 2. The molecule has 3 aromatic rings. The number of rotatable bonds is 6. The summed E-state index contributed by atoms with van der Waals surface area (Å²) in [6.07, 6.45) is 0. The third-order valence-electron chi connectivity index (χ3n) is 4.25. The van der Waals surface area contributed by atoms with E-state index in [2.05, 4.69) is 0 Å². The lowest BCUT2D eigenvalue weighted by atomic mass is 10.0. The Balaban J connectivity index is 1.62. The first kappa shape index (κ1) is 20.5. The van der Waals surface area contributed by atoms with Gasteiger partial charge in [-0.2, -0.15) is 0 Å². The highest BCUT2D eigenvalue weighted by Gasteiger charge is 2.15. The second kappa shape index (κ2) is 8.84. The van der Waals surface area contributed by atoms with Crippen LogP contribution < -0.4 is 4.74 Å². The Morgan fingerprint density at radius 3 is 2.00 bits per heavy atom. The summed E-state index contributed by atoms with van der Waals surface area (Å²) in [7, 11) is 0. The minimum absolute atomic E-state index is 0.204. The maximum atomic E-state index is 12.2. The highest BCUT2D eigenvalue weighted by molar-refractivity contribution is 7.12. The summed E-state index contributed by atoms with van der Waals surface area (Å²) in [5.74, 6) is -0.644. The van der Waals surface area contributed by atoms with Crippen LogP contribution in [-0.4, -0.2) is 24.3 Å². The topological polar surface area (TPSA) is 69.7 Å². The summed E-state index contributed by atoms with van der Waals surface area (Å²) in [5, 5.41) is 0. The zero-order chi connectivity index (χ0) is 21.0. The Morgan fingerprint density at radius 2 is 1.48 bits per heavy atom. The van der Waals surface area contributed by atoms with E-state index < -0.39 is 5.97 Å². The second-order valence-corrected chi connectivity index (χ2v) is 7.98. The van der Waals surface area contributed by atoms with Gasteiger partial charge in [-0.05, 0) is 55.3 Å². The molecule has 0 bridgehead atoms. The highest BCUT2D eigenvalue weighted by atomic mass is 32.1. The molecular weight excluding hydrogens is 388 g/mol. The largest absolute Gasteiger partial charge is 0.454 e. The van der Waals surface area contributed by atoms with Crippen LogP contribution in [-0.2, 0) is 9.53 Å². The van der Waals surface area contributed by atoms with Crippen molar-refractivity contribution in [1.82, 2.24) is 0 Å². The van der Waals surface area contributed by atoms with Crippen molar-refractivity contribution in [3.8, 4) is 16.9 Å². The van der Waals surface area contributed by atoms with Gasteiger partial charge in [-0.25, -0.2) is 4.79 Å². The molecule has 2 aromatic carbocycles. The van der Waals surface area contributed by atoms with E-state index in [0.29, 0.717) is 16.9 Å². The Bertz CT molecular complexity index is 1050. The van der Waals surface area contributed by atoms with E-state index >= 15 is 0 Å². The number of hydrogen-bond donors (Lipinski definition) is 0. The molecule has 0 amide bonds. The van der Waals surface area contributed by atoms with Gasteiger partial charge < -0.3 is 9.47 Å². The molecule has 5 nitrogen and oxygen atoms in total. The van der Waals surface area contributed by atoms with Gasteiger partial charge in [0.15, 0.2) is 6.61 Å². The SMILES string of the molecule is CC(=O)Oc1ccc(-c2ccc(C(=O)OCC(=O)c3cc(C)sc3C)cc2)cc1. The van der Waals surface area contributed by atoms with Gasteiger partial charge in [-0.3, -0.25) is 9.59 Å². The molecule has 6 heteroatoms. The lowest BCUT2D eigenvalue weighted by Gasteiger charge is -2.07. The minimum atomic E-state index is -0.542. The molecule has 0 radical (unpaired) electrons. The van der Waals surface area contributed by atoms with Crippen molar-refractivity contribution in [2.45, 2.75) is 20.8 Å². The predicted octanol–water partition coefficient (Wildman–Crippen LogP) is 5.00. The molecule has 0 fully saturated rings. The van der Waals surface area contributed by atoms with Crippen molar-refractivity contribution in [3.05, 3.63) is 75.5 Å². The van der Waals surface area contributed by atoms with Crippen LogP contribution in [0.5, 0.6) is 5.75 Å². The molecule has 3 rings (SSSR count). The zero-order valence-corrected chi connectivity index (χ0v) is 17.2. The van der Waals surface area contributed by atoms with Gasteiger partial charge in [0.05, 0.1) is 5.56 Å². The first-order valence-corrected chi connectivity index (χ1v) is 9.81. The molecule has 148 valence electrons. The molecule has 0 aliphatic heterocycles. The third kappa shape index (κ3) is 5.18. The highest BCUT2D eigenvalue weighted by Crippen LogP contribution is 2.24.